The summed E-state index contributed by atoms with van der Waals surface area (Å²) in [5.41, 5.74) is 2.22. The highest BCUT2D eigenvalue weighted by Crippen LogP contribution is 2.25. The summed E-state index contributed by atoms with van der Waals surface area (Å²) < 4.78 is 2.52. The third-order valence-corrected chi connectivity index (χ3v) is 7.11. The Balaban J connectivity index is 1.31. The number of hydrogen-bond donors (Lipinski definition) is 1. The van der Waals surface area contributed by atoms with Gasteiger partial charge in [0.15, 0.2) is 10.6 Å². The van der Waals surface area contributed by atoms with E-state index in [1.807, 2.05) is 16.7 Å². The molecular weight excluding hydrogens is 406 g/mol. The molecule has 1 aromatic carbocycles. The van der Waals surface area contributed by atoms with Crippen molar-refractivity contribution in [3.05, 3.63) is 34.6 Å². The van der Waals surface area contributed by atoms with Crippen LogP contribution in [0.3, 0.4) is 0 Å². The molecular formula is C24H35N5OS. The molecule has 1 saturated carbocycles. The Bertz CT molecular complexity index is 913. The Morgan fingerprint density at radius 2 is 1.84 bits per heavy atom. The molecule has 2 heterocycles. The Morgan fingerprint density at radius 3 is 2.61 bits per heavy atom. The number of aryl methyl sites for hydroxylation is 1. The summed E-state index contributed by atoms with van der Waals surface area (Å²) in [6, 6.07) is 8.24. The number of carbonyl (C=O) groups excluding carboxylic acids is 1. The van der Waals surface area contributed by atoms with Crippen molar-refractivity contribution in [2.75, 3.05) is 32.7 Å². The molecule has 0 radical (unpaired) electrons. The van der Waals surface area contributed by atoms with Gasteiger partial charge in [0.25, 0.3) is 0 Å². The fourth-order valence-electron chi connectivity index (χ4n) is 4.95. The molecule has 2 aliphatic rings. The quantitative estimate of drug-likeness (QED) is 0.674. The molecule has 0 atom stereocenters. The van der Waals surface area contributed by atoms with Gasteiger partial charge in [-0.15, -0.1) is 0 Å². The van der Waals surface area contributed by atoms with Gasteiger partial charge < -0.3 is 9.80 Å². The van der Waals surface area contributed by atoms with Crippen LogP contribution in [0.25, 0.3) is 11.4 Å². The number of aromatic nitrogens is 3. The number of nitrogens with zero attached hydrogens (tertiary/aromatic N) is 4. The van der Waals surface area contributed by atoms with Crippen molar-refractivity contribution in [1.82, 2.24) is 24.6 Å². The van der Waals surface area contributed by atoms with Gasteiger partial charge in [0.05, 0.1) is 0 Å². The van der Waals surface area contributed by atoms with Gasteiger partial charge in [0.1, 0.15) is 0 Å². The Morgan fingerprint density at radius 1 is 1.06 bits per heavy atom. The van der Waals surface area contributed by atoms with E-state index in [4.69, 9.17) is 12.2 Å². The molecule has 31 heavy (non-hydrogen) atoms. The molecule has 168 valence electrons. The van der Waals surface area contributed by atoms with Crippen LogP contribution in [-0.2, 0) is 11.3 Å². The predicted octanol–water partition coefficient (Wildman–Crippen LogP) is 4.42. The highest BCUT2D eigenvalue weighted by atomic mass is 32.1. The smallest absolute Gasteiger partial charge is 0.224 e. The van der Waals surface area contributed by atoms with Crippen molar-refractivity contribution in [2.45, 2.75) is 58.4 Å². The molecule has 2 fully saturated rings. The molecule has 1 aliphatic heterocycles. The first kappa shape index (κ1) is 22.2. The van der Waals surface area contributed by atoms with E-state index in [9.17, 15) is 4.79 Å². The molecule has 2 aromatic rings. The monoisotopic (exact) mass is 441 g/mol. The third kappa shape index (κ3) is 5.83. The van der Waals surface area contributed by atoms with E-state index < -0.39 is 0 Å². The standard InChI is InChI=1S/C24H35N5OS/c1-19-8-10-21(11-9-19)23-25-26-24(31)29(23)15-12-22(30)28-14-5-13-27(16-17-28)18-20-6-3-2-4-7-20/h8-11,20H,2-7,12-18H2,1H3,(H,26,31). The summed E-state index contributed by atoms with van der Waals surface area (Å²) in [5, 5.41) is 7.29. The number of rotatable bonds is 6. The van der Waals surface area contributed by atoms with Crippen LogP contribution < -0.4 is 0 Å². The van der Waals surface area contributed by atoms with Crippen LogP contribution >= 0.6 is 12.2 Å². The van der Waals surface area contributed by atoms with Crippen LogP contribution in [0.4, 0.5) is 0 Å². The lowest BCUT2D eigenvalue weighted by molar-refractivity contribution is -0.131. The van der Waals surface area contributed by atoms with Gasteiger partial charge in [0.2, 0.25) is 5.91 Å². The van der Waals surface area contributed by atoms with Crippen LogP contribution in [0, 0.1) is 17.6 Å². The zero-order valence-corrected chi connectivity index (χ0v) is 19.5. The van der Waals surface area contributed by atoms with Crippen molar-refractivity contribution in [2.24, 2.45) is 5.92 Å². The van der Waals surface area contributed by atoms with E-state index in [2.05, 4.69) is 39.1 Å². The van der Waals surface area contributed by atoms with Crippen molar-refractivity contribution in [1.29, 1.82) is 0 Å². The highest BCUT2D eigenvalue weighted by Gasteiger charge is 2.22. The van der Waals surface area contributed by atoms with Gasteiger partial charge in [0, 0.05) is 44.7 Å². The first-order valence-corrected chi connectivity index (χ1v) is 12.2. The molecule has 1 N–H and O–H groups in total. The van der Waals surface area contributed by atoms with Crippen molar-refractivity contribution < 1.29 is 4.79 Å². The normalized spacial score (nSPS) is 18.8. The second-order valence-corrected chi connectivity index (χ2v) is 9.55. The topological polar surface area (TPSA) is 57.2 Å². The molecule has 4 rings (SSSR count). The summed E-state index contributed by atoms with van der Waals surface area (Å²) in [7, 11) is 0. The van der Waals surface area contributed by atoms with Crippen LogP contribution in [0.5, 0.6) is 0 Å². The molecule has 1 saturated heterocycles. The van der Waals surface area contributed by atoms with E-state index in [0.717, 1.165) is 49.9 Å². The van der Waals surface area contributed by atoms with Gasteiger partial charge in [-0.3, -0.25) is 14.5 Å². The number of nitrogens with one attached hydrogen (secondary N) is 1. The van der Waals surface area contributed by atoms with Crippen LogP contribution in [0.15, 0.2) is 24.3 Å². The second kappa shape index (κ2) is 10.6. The van der Waals surface area contributed by atoms with Gasteiger partial charge in [-0.05, 0) is 50.9 Å². The molecule has 0 bridgehead atoms. The summed E-state index contributed by atoms with van der Waals surface area (Å²) in [6.07, 6.45) is 8.48. The number of benzene rings is 1. The molecule has 1 aliphatic carbocycles. The second-order valence-electron chi connectivity index (χ2n) is 9.16. The lowest BCUT2D eigenvalue weighted by atomic mass is 9.89. The summed E-state index contributed by atoms with van der Waals surface area (Å²) >= 11 is 5.44. The maximum atomic E-state index is 13.0. The van der Waals surface area contributed by atoms with Crippen LogP contribution in [0.2, 0.25) is 0 Å². The fraction of sp³-hybridized carbons (Fsp3) is 0.625. The van der Waals surface area contributed by atoms with E-state index in [1.54, 1.807) is 0 Å². The first-order valence-electron chi connectivity index (χ1n) is 11.8. The highest BCUT2D eigenvalue weighted by molar-refractivity contribution is 7.71. The Hall–Kier alpha value is -1.99. The first-order chi connectivity index (χ1) is 15.1. The van der Waals surface area contributed by atoms with Crippen molar-refractivity contribution >= 4 is 18.1 Å². The lowest BCUT2D eigenvalue weighted by Crippen LogP contribution is -2.37. The minimum absolute atomic E-state index is 0.220. The average Bonchev–Trinajstić information content (AvgIpc) is 2.99. The predicted molar refractivity (Wildman–Crippen MR) is 126 cm³/mol. The van der Waals surface area contributed by atoms with Gasteiger partial charge in [-0.25, -0.2) is 0 Å². The van der Waals surface area contributed by atoms with Gasteiger partial charge in [-0.2, -0.15) is 5.10 Å². The largest absolute Gasteiger partial charge is 0.341 e. The molecule has 1 aromatic heterocycles. The molecule has 6 nitrogen and oxygen atoms in total. The summed E-state index contributed by atoms with van der Waals surface area (Å²) in [5.74, 6) is 1.88. The van der Waals surface area contributed by atoms with Gasteiger partial charge in [-0.1, -0.05) is 49.1 Å². The zero-order chi connectivity index (χ0) is 21.6. The van der Waals surface area contributed by atoms with Crippen molar-refractivity contribution in [3.63, 3.8) is 0 Å². The van der Waals surface area contributed by atoms with Crippen LogP contribution in [-0.4, -0.2) is 63.2 Å². The Labute approximate surface area is 190 Å². The van der Waals surface area contributed by atoms with E-state index in [0.29, 0.717) is 17.7 Å². The minimum Gasteiger partial charge on any atom is -0.341 e. The summed E-state index contributed by atoms with van der Waals surface area (Å²) in [6.45, 7) is 7.66. The molecule has 0 unspecified atom stereocenters. The van der Waals surface area contributed by atoms with E-state index in [-0.39, 0.29) is 5.91 Å². The zero-order valence-electron chi connectivity index (χ0n) is 18.7. The summed E-state index contributed by atoms with van der Waals surface area (Å²) in [4.78, 5) is 17.6. The van der Waals surface area contributed by atoms with Crippen LogP contribution in [0.1, 0.15) is 50.5 Å². The van der Waals surface area contributed by atoms with E-state index >= 15 is 0 Å². The Kier molecular flexibility index (Phi) is 7.56. The maximum absolute atomic E-state index is 13.0. The van der Waals surface area contributed by atoms with E-state index in [1.165, 1.54) is 44.2 Å². The number of aromatic amines is 1. The maximum Gasteiger partial charge on any atom is 0.224 e. The average molecular weight is 442 g/mol. The molecule has 1 amide bonds. The van der Waals surface area contributed by atoms with Gasteiger partial charge >= 0.3 is 0 Å². The SMILES string of the molecule is Cc1ccc(-c2n[nH]c(=S)n2CCC(=O)N2CCCN(CC3CCCCC3)CC2)cc1. The number of H-pyrrole nitrogens is 1. The fourth-order valence-corrected chi connectivity index (χ4v) is 5.17. The van der Waals surface area contributed by atoms with Crippen molar-refractivity contribution in [3.8, 4) is 11.4 Å². The number of hydrogen-bond acceptors (Lipinski definition) is 4. The lowest BCUT2D eigenvalue weighted by Gasteiger charge is -2.28. The third-order valence-electron chi connectivity index (χ3n) is 6.80. The molecule has 7 heteroatoms. The minimum atomic E-state index is 0.220. The molecule has 0 spiro atoms. The number of carbonyl (C=O) groups is 1. The number of amides is 1.